The largest absolute Gasteiger partial charge is 0.381 e. The first-order valence-electron chi connectivity index (χ1n) is 9.72. The van der Waals surface area contributed by atoms with Crippen LogP contribution in [-0.2, 0) is 22.5 Å². The molecule has 0 bridgehead atoms. The Kier molecular flexibility index (Phi) is 6.43. The standard InChI is InChI=1S/C19H31N5O2/c1-4-14(2)13-23-8-5-17-21-22-18(24(17)10-9-23)15(3)20-19(25)16-6-11-26-12-7-16/h4,15-16H,5-13H2,1-3H3,(H,20,25)/b14-4+. The summed E-state index contributed by atoms with van der Waals surface area (Å²) in [6.45, 7) is 11.4. The molecule has 0 spiro atoms. The predicted octanol–water partition coefficient (Wildman–Crippen LogP) is 1.71. The number of allylic oxidation sites excluding steroid dienone is 1. The van der Waals surface area contributed by atoms with Crippen LogP contribution in [0.1, 0.15) is 51.3 Å². The summed E-state index contributed by atoms with van der Waals surface area (Å²) in [5, 5.41) is 11.9. The summed E-state index contributed by atoms with van der Waals surface area (Å²) >= 11 is 0. The zero-order valence-electron chi connectivity index (χ0n) is 16.2. The molecular weight excluding hydrogens is 330 g/mol. The summed E-state index contributed by atoms with van der Waals surface area (Å²) in [5.74, 6) is 2.05. The monoisotopic (exact) mass is 361 g/mol. The second-order valence-electron chi connectivity index (χ2n) is 7.40. The maximum atomic E-state index is 12.5. The Bertz CT molecular complexity index is 648. The number of amides is 1. The SMILES string of the molecule is C/C=C(\C)CN1CCc2nnc(C(C)NC(=O)C3CCOCC3)n2CC1. The topological polar surface area (TPSA) is 72.3 Å². The van der Waals surface area contributed by atoms with Crippen LogP contribution in [0, 0.1) is 5.92 Å². The van der Waals surface area contributed by atoms with Gasteiger partial charge in [0.05, 0.1) is 6.04 Å². The van der Waals surface area contributed by atoms with Crippen LogP contribution in [0.15, 0.2) is 11.6 Å². The molecule has 7 nitrogen and oxygen atoms in total. The molecule has 2 aliphatic rings. The average molecular weight is 361 g/mol. The molecular formula is C19H31N5O2. The molecule has 1 atom stereocenters. The van der Waals surface area contributed by atoms with E-state index in [1.54, 1.807) is 0 Å². The van der Waals surface area contributed by atoms with Crippen molar-refractivity contribution in [2.75, 3.05) is 32.8 Å². The van der Waals surface area contributed by atoms with Gasteiger partial charge in [-0.05, 0) is 33.6 Å². The van der Waals surface area contributed by atoms with E-state index in [1.807, 2.05) is 6.92 Å². The number of rotatable bonds is 5. The van der Waals surface area contributed by atoms with Crippen molar-refractivity contribution in [1.29, 1.82) is 0 Å². The van der Waals surface area contributed by atoms with Crippen LogP contribution in [0.4, 0.5) is 0 Å². The second-order valence-corrected chi connectivity index (χ2v) is 7.40. The molecule has 3 rings (SSSR count). The lowest BCUT2D eigenvalue weighted by Crippen LogP contribution is -2.37. The first-order chi connectivity index (χ1) is 12.6. The molecule has 2 aliphatic heterocycles. The highest BCUT2D eigenvalue weighted by Gasteiger charge is 2.26. The zero-order valence-corrected chi connectivity index (χ0v) is 16.2. The Morgan fingerprint density at radius 2 is 2.08 bits per heavy atom. The van der Waals surface area contributed by atoms with Gasteiger partial charge in [-0.2, -0.15) is 0 Å². The fraction of sp³-hybridized carbons (Fsp3) is 0.737. The Balaban J connectivity index is 1.62. The Morgan fingerprint density at radius 1 is 1.31 bits per heavy atom. The molecule has 0 aliphatic carbocycles. The van der Waals surface area contributed by atoms with E-state index >= 15 is 0 Å². The van der Waals surface area contributed by atoms with E-state index in [9.17, 15) is 4.79 Å². The number of ether oxygens (including phenoxy) is 1. The number of hydrogen-bond acceptors (Lipinski definition) is 5. The third kappa shape index (κ3) is 4.51. The Hall–Kier alpha value is -1.73. The van der Waals surface area contributed by atoms with Gasteiger partial charge >= 0.3 is 0 Å². The fourth-order valence-corrected chi connectivity index (χ4v) is 3.67. The molecule has 1 aromatic rings. The van der Waals surface area contributed by atoms with Gasteiger partial charge in [0.2, 0.25) is 5.91 Å². The maximum Gasteiger partial charge on any atom is 0.223 e. The first kappa shape index (κ1) is 19.0. The van der Waals surface area contributed by atoms with Crippen LogP contribution in [0.2, 0.25) is 0 Å². The molecule has 1 amide bonds. The van der Waals surface area contributed by atoms with Gasteiger partial charge in [-0.15, -0.1) is 10.2 Å². The van der Waals surface area contributed by atoms with E-state index in [0.29, 0.717) is 13.2 Å². The van der Waals surface area contributed by atoms with Crippen LogP contribution in [-0.4, -0.2) is 58.4 Å². The lowest BCUT2D eigenvalue weighted by Gasteiger charge is -2.23. The highest BCUT2D eigenvalue weighted by atomic mass is 16.5. The molecule has 0 aromatic carbocycles. The molecule has 1 aromatic heterocycles. The van der Waals surface area contributed by atoms with Crippen molar-refractivity contribution in [3.63, 3.8) is 0 Å². The smallest absolute Gasteiger partial charge is 0.223 e. The van der Waals surface area contributed by atoms with Crippen LogP contribution < -0.4 is 5.32 Å². The molecule has 144 valence electrons. The van der Waals surface area contributed by atoms with Crippen molar-refractivity contribution in [2.24, 2.45) is 5.92 Å². The summed E-state index contributed by atoms with van der Waals surface area (Å²) in [6.07, 6.45) is 4.67. The zero-order chi connectivity index (χ0) is 18.5. The van der Waals surface area contributed by atoms with Crippen LogP contribution in [0.3, 0.4) is 0 Å². The van der Waals surface area contributed by atoms with Crippen molar-refractivity contribution in [1.82, 2.24) is 25.0 Å². The number of carbonyl (C=O) groups is 1. The summed E-state index contributed by atoms with van der Waals surface area (Å²) < 4.78 is 7.54. The minimum atomic E-state index is -0.129. The normalized spacial score (nSPS) is 21.1. The Labute approximate surface area is 155 Å². The number of hydrogen-bond donors (Lipinski definition) is 1. The van der Waals surface area contributed by atoms with Gasteiger partial charge in [-0.25, -0.2) is 0 Å². The third-order valence-electron chi connectivity index (χ3n) is 5.45. The summed E-state index contributed by atoms with van der Waals surface area (Å²) in [5.41, 5.74) is 1.39. The second kappa shape index (κ2) is 8.77. The molecule has 1 saturated heterocycles. The lowest BCUT2D eigenvalue weighted by molar-refractivity contribution is -0.128. The number of aromatic nitrogens is 3. The number of nitrogens with zero attached hydrogens (tertiary/aromatic N) is 4. The van der Waals surface area contributed by atoms with Gasteiger partial charge < -0.3 is 14.6 Å². The van der Waals surface area contributed by atoms with Crippen molar-refractivity contribution >= 4 is 5.91 Å². The third-order valence-corrected chi connectivity index (χ3v) is 5.45. The van der Waals surface area contributed by atoms with Crippen LogP contribution in [0.25, 0.3) is 0 Å². The number of carbonyl (C=O) groups excluding carboxylic acids is 1. The van der Waals surface area contributed by atoms with E-state index in [-0.39, 0.29) is 17.9 Å². The molecule has 1 N–H and O–H groups in total. The molecule has 0 saturated carbocycles. The number of fused-ring (bicyclic) bond motifs is 1. The van der Waals surface area contributed by atoms with Gasteiger partial charge in [0.25, 0.3) is 0 Å². The molecule has 1 fully saturated rings. The van der Waals surface area contributed by atoms with Crippen LogP contribution in [0.5, 0.6) is 0 Å². The molecule has 0 radical (unpaired) electrons. The highest BCUT2D eigenvalue weighted by molar-refractivity contribution is 5.79. The fourth-order valence-electron chi connectivity index (χ4n) is 3.67. The summed E-state index contributed by atoms with van der Waals surface area (Å²) in [4.78, 5) is 15.0. The van der Waals surface area contributed by atoms with E-state index in [0.717, 1.165) is 57.1 Å². The van der Waals surface area contributed by atoms with Crippen molar-refractivity contribution in [3.05, 3.63) is 23.3 Å². The molecule has 26 heavy (non-hydrogen) atoms. The minimum Gasteiger partial charge on any atom is -0.381 e. The van der Waals surface area contributed by atoms with Crippen molar-refractivity contribution < 1.29 is 9.53 Å². The van der Waals surface area contributed by atoms with E-state index < -0.39 is 0 Å². The molecule has 3 heterocycles. The molecule has 1 unspecified atom stereocenters. The van der Waals surface area contributed by atoms with Crippen LogP contribution >= 0.6 is 0 Å². The van der Waals surface area contributed by atoms with Gasteiger partial charge in [0.15, 0.2) is 5.82 Å². The quantitative estimate of drug-likeness (QED) is 0.809. The lowest BCUT2D eigenvalue weighted by atomic mass is 9.99. The van der Waals surface area contributed by atoms with E-state index in [4.69, 9.17) is 4.74 Å². The van der Waals surface area contributed by atoms with Crippen molar-refractivity contribution in [2.45, 2.75) is 52.6 Å². The summed E-state index contributed by atoms with van der Waals surface area (Å²) in [6, 6.07) is -0.129. The summed E-state index contributed by atoms with van der Waals surface area (Å²) in [7, 11) is 0. The number of nitrogens with one attached hydrogen (secondary N) is 1. The van der Waals surface area contributed by atoms with Gasteiger partial charge in [-0.3, -0.25) is 9.69 Å². The van der Waals surface area contributed by atoms with Gasteiger partial charge in [0.1, 0.15) is 5.82 Å². The van der Waals surface area contributed by atoms with Gasteiger partial charge in [-0.1, -0.05) is 11.6 Å². The highest BCUT2D eigenvalue weighted by Crippen LogP contribution is 2.19. The maximum absolute atomic E-state index is 12.5. The average Bonchev–Trinajstić information content (AvgIpc) is 2.97. The predicted molar refractivity (Wildman–Crippen MR) is 99.7 cm³/mol. The van der Waals surface area contributed by atoms with E-state index in [1.165, 1.54) is 5.57 Å². The van der Waals surface area contributed by atoms with E-state index in [2.05, 4.69) is 44.9 Å². The minimum absolute atomic E-state index is 0.0528. The molecule has 7 heteroatoms. The Morgan fingerprint density at radius 3 is 2.81 bits per heavy atom. The first-order valence-corrected chi connectivity index (χ1v) is 9.72. The van der Waals surface area contributed by atoms with Crippen molar-refractivity contribution in [3.8, 4) is 0 Å². The van der Waals surface area contributed by atoms with Gasteiger partial charge in [0, 0.05) is 51.7 Å².